The van der Waals surface area contributed by atoms with Gasteiger partial charge in [-0.25, -0.2) is 4.79 Å². The number of esters is 1. The first-order valence-corrected chi connectivity index (χ1v) is 13.6. The summed E-state index contributed by atoms with van der Waals surface area (Å²) < 4.78 is 11.9. The lowest BCUT2D eigenvalue weighted by Crippen LogP contribution is -2.33. The number of rotatable bonds is 12. The summed E-state index contributed by atoms with van der Waals surface area (Å²) in [5.74, 6) is -1.28. The quantitative estimate of drug-likeness (QED) is 0.108. The minimum atomic E-state index is -1.02. The number of hydrogen-bond acceptors (Lipinski definition) is 8. The number of ether oxygens (including phenoxy) is 2. The molecule has 9 heteroatoms. The van der Waals surface area contributed by atoms with Crippen LogP contribution in [0.25, 0.3) is 0 Å². The average Bonchev–Trinajstić information content (AvgIpc) is 2.87. The number of nitro groups is 1. The van der Waals surface area contributed by atoms with Crippen molar-refractivity contribution in [2.45, 2.75) is 71.3 Å². The molecule has 0 bridgehead atoms. The van der Waals surface area contributed by atoms with Crippen LogP contribution in [0.15, 0.2) is 77.3 Å². The smallest absolute Gasteiger partial charge is 0.338 e. The summed E-state index contributed by atoms with van der Waals surface area (Å²) in [5.41, 5.74) is 1.52. The Hall–Kier alpha value is -3.59. The second-order valence-corrected chi connectivity index (χ2v) is 10.5. The number of nitrogens with zero attached hydrogens (tertiary/aromatic N) is 1. The predicted molar refractivity (Wildman–Crippen MR) is 148 cm³/mol. The first-order chi connectivity index (χ1) is 18.2. The lowest BCUT2D eigenvalue weighted by atomic mass is 9.83. The monoisotopic (exact) mass is 538 g/mol. The van der Waals surface area contributed by atoms with Crippen molar-refractivity contribution in [3.63, 3.8) is 0 Å². The van der Waals surface area contributed by atoms with E-state index in [9.17, 15) is 19.7 Å². The minimum absolute atomic E-state index is 0.128. The van der Waals surface area contributed by atoms with E-state index in [1.807, 2.05) is 30.3 Å². The fourth-order valence-electron chi connectivity index (χ4n) is 4.46. The van der Waals surface area contributed by atoms with Crippen LogP contribution in [0.2, 0.25) is 0 Å². The Morgan fingerprint density at radius 3 is 2.39 bits per heavy atom. The third kappa shape index (κ3) is 7.47. The van der Waals surface area contributed by atoms with Gasteiger partial charge in [0, 0.05) is 18.2 Å². The number of hydrogen-bond donors (Lipinski definition) is 1. The van der Waals surface area contributed by atoms with Crippen molar-refractivity contribution in [3.05, 3.63) is 98.5 Å². The van der Waals surface area contributed by atoms with Crippen molar-refractivity contribution in [1.82, 2.24) is 5.32 Å². The molecule has 2 aromatic carbocycles. The predicted octanol–water partition coefficient (Wildman–Crippen LogP) is 6.46. The van der Waals surface area contributed by atoms with Gasteiger partial charge in [0.2, 0.25) is 0 Å². The molecule has 38 heavy (non-hydrogen) atoms. The molecule has 0 radical (unpaired) electrons. The van der Waals surface area contributed by atoms with Gasteiger partial charge in [-0.1, -0.05) is 68.3 Å². The van der Waals surface area contributed by atoms with Crippen LogP contribution in [-0.4, -0.2) is 21.4 Å². The minimum Gasteiger partial charge on any atom is -0.489 e. The van der Waals surface area contributed by atoms with Crippen LogP contribution in [-0.2, 0) is 20.9 Å². The molecule has 0 aromatic heterocycles. The maximum atomic E-state index is 13.7. The van der Waals surface area contributed by atoms with Gasteiger partial charge in [-0.3, -0.25) is 14.9 Å². The average molecular weight is 539 g/mol. The summed E-state index contributed by atoms with van der Waals surface area (Å²) in [7, 11) is 0. The number of unbranched alkanes of at least 4 members (excludes halogenated alkanes) is 2. The fraction of sp³-hybridized carbons (Fsp3) is 0.379. The largest absolute Gasteiger partial charge is 0.489 e. The molecule has 1 heterocycles. The topological polar surface area (TPSA) is 108 Å². The van der Waals surface area contributed by atoms with Crippen molar-refractivity contribution >= 4 is 22.8 Å². The van der Waals surface area contributed by atoms with Crippen LogP contribution in [0.1, 0.15) is 70.4 Å². The Labute approximate surface area is 227 Å². The number of thioether (sulfide) groups is 1. The van der Waals surface area contributed by atoms with Crippen LogP contribution in [0, 0.1) is 10.1 Å². The molecule has 0 fully saturated rings. The third-order valence-corrected chi connectivity index (χ3v) is 7.12. The standard InChI is InChI=1S/C29H34N2O6S/c1-5-6-8-17-25(38-21(4)32)37-29(33)26-19(2)30-20(3)28(31(34)35)27(26)23-15-11-12-16-24(23)36-18-22-13-9-7-10-14-22/h7,9-16,25,27,30H,5-6,8,17-18H2,1-4H3. The van der Waals surface area contributed by atoms with Crippen molar-refractivity contribution in [2.24, 2.45) is 0 Å². The SMILES string of the molecule is CCCCCC(OC(=O)C1=C(C)NC(C)=C([N+](=O)[O-])C1c1ccccc1OCc1ccccc1)SC(C)=O. The molecule has 2 aromatic rings. The summed E-state index contributed by atoms with van der Waals surface area (Å²) in [5, 5.41) is 15.1. The van der Waals surface area contributed by atoms with Gasteiger partial charge in [0.05, 0.1) is 16.2 Å². The maximum Gasteiger partial charge on any atom is 0.338 e. The molecule has 3 rings (SSSR count). The van der Waals surface area contributed by atoms with Crippen molar-refractivity contribution in [3.8, 4) is 5.75 Å². The maximum absolute atomic E-state index is 13.7. The number of para-hydroxylation sites is 1. The zero-order valence-electron chi connectivity index (χ0n) is 22.2. The van der Waals surface area contributed by atoms with E-state index in [-0.39, 0.29) is 23.0 Å². The van der Waals surface area contributed by atoms with E-state index < -0.39 is 22.2 Å². The number of dihydropyridines is 1. The van der Waals surface area contributed by atoms with Crippen molar-refractivity contribution in [2.75, 3.05) is 0 Å². The number of nitrogens with one attached hydrogen (secondary N) is 1. The zero-order valence-corrected chi connectivity index (χ0v) is 23.0. The van der Waals surface area contributed by atoms with Gasteiger partial charge in [-0.2, -0.15) is 0 Å². The molecule has 0 aliphatic carbocycles. The van der Waals surface area contributed by atoms with E-state index in [0.717, 1.165) is 36.6 Å². The van der Waals surface area contributed by atoms with Crippen LogP contribution < -0.4 is 10.1 Å². The van der Waals surface area contributed by atoms with Gasteiger partial charge in [0.15, 0.2) is 10.6 Å². The summed E-state index contributed by atoms with van der Waals surface area (Å²) in [6, 6.07) is 16.6. The van der Waals surface area contributed by atoms with Gasteiger partial charge in [0.25, 0.3) is 5.70 Å². The molecule has 0 saturated carbocycles. The normalized spacial score (nSPS) is 16.1. The van der Waals surface area contributed by atoms with Crippen LogP contribution in [0.4, 0.5) is 0 Å². The molecular weight excluding hydrogens is 504 g/mol. The molecule has 1 N–H and O–H groups in total. The van der Waals surface area contributed by atoms with E-state index in [1.165, 1.54) is 6.92 Å². The van der Waals surface area contributed by atoms with Gasteiger partial charge >= 0.3 is 5.97 Å². The summed E-state index contributed by atoms with van der Waals surface area (Å²) >= 11 is 0.962. The number of allylic oxidation sites excluding steroid dienone is 3. The number of benzene rings is 2. The first kappa shape index (κ1) is 29.0. The highest BCUT2D eigenvalue weighted by atomic mass is 32.2. The number of carbonyl (C=O) groups excluding carboxylic acids is 2. The van der Waals surface area contributed by atoms with Gasteiger partial charge in [-0.15, -0.1) is 0 Å². The van der Waals surface area contributed by atoms with Gasteiger partial charge in [0.1, 0.15) is 18.3 Å². The Morgan fingerprint density at radius 2 is 1.74 bits per heavy atom. The van der Waals surface area contributed by atoms with Crippen LogP contribution in [0.5, 0.6) is 5.75 Å². The highest BCUT2D eigenvalue weighted by Gasteiger charge is 2.42. The van der Waals surface area contributed by atoms with Gasteiger partial charge < -0.3 is 14.8 Å². The Bertz CT molecular complexity index is 1220. The molecular formula is C29H34N2O6S. The molecule has 0 saturated heterocycles. The lowest BCUT2D eigenvalue weighted by Gasteiger charge is -2.28. The van der Waals surface area contributed by atoms with Crippen LogP contribution >= 0.6 is 11.8 Å². The second kappa shape index (κ2) is 13.8. The van der Waals surface area contributed by atoms with E-state index in [0.29, 0.717) is 29.1 Å². The molecule has 2 unspecified atom stereocenters. The summed E-state index contributed by atoms with van der Waals surface area (Å²) in [4.78, 5) is 37.3. The van der Waals surface area contributed by atoms with E-state index in [2.05, 4.69) is 12.2 Å². The summed E-state index contributed by atoms with van der Waals surface area (Å²) in [6.07, 6.45) is 3.24. The lowest BCUT2D eigenvalue weighted by molar-refractivity contribution is -0.431. The molecule has 0 amide bonds. The van der Waals surface area contributed by atoms with Crippen molar-refractivity contribution < 1.29 is 24.0 Å². The molecule has 8 nitrogen and oxygen atoms in total. The second-order valence-electron chi connectivity index (χ2n) is 9.12. The molecule has 1 aliphatic heterocycles. The van der Waals surface area contributed by atoms with E-state index >= 15 is 0 Å². The highest BCUT2D eigenvalue weighted by Crippen LogP contribution is 2.43. The van der Waals surface area contributed by atoms with Crippen molar-refractivity contribution in [1.29, 1.82) is 0 Å². The third-order valence-electron chi connectivity index (χ3n) is 6.19. The molecule has 1 aliphatic rings. The van der Waals surface area contributed by atoms with Gasteiger partial charge in [-0.05, 0) is 50.1 Å². The fourth-order valence-corrected chi connectivity index (χ4v) is 5.25. The van der Waals surface area contributed by atoms with E-state index in [4.69, 9.17) is 9.47 Å². The summed E-state index contributed by atoms with van der Waals surface area (Å²) in [6.45, 7) is 7.07. The molecule has 202 valence electrons. The molecule has 0 spiro atoms. The number of carbonyl (C=O) groups is 2. The highest BCUT2D eigenvalue weighted by molar-refractivity contribution is 8.13. The van der Waals surface area contributed by atoms with Crippen LogP contribution in [0.3, 0.4) is 0 Å². The molecule has 2 atom stereocenters. The van der Waals surface area contributed by atoms with E-state index in [1.54, 1.807) is 38.1 Å². The Balaban J connectivity index is 2.00. The Morgan fingerprint density at radius 1 is 1.05 bits per heavy atom. The first-order valence-electron chi connectivity index (χ1n) is 12.7. The Kier molecular flexibility index (Phi) is 10.5. The zero-order chi connectivity index (χ0) is 27.7.